The second-order valence-corrected chi connectivity index (χ2v) is 5.44. The number of urea groups is 1. The first-order valence-electron chi connectivity index (χ1n) is 6.92. The van der Waals surface area contributed by atoms with Crippen LogP contribution in [0.5, 0.6) is 5.75 Å². The van der Waals surface area contributed by atoms with Crippen molar-refractivity contribution in [2.75, 3.05) is 25.5 Å². The molecule has 1 aromatic carbocycles. The summed E-state index contributed by atoms with van der Waals surface area (Å²) in [6, 6.07) is 6.75. The van der Waals surface area contributed by atoms with Gasteiger partial charge in [-0.2, -0.15) is 0 Å². The van der Waals surface area contributed by atoms with Crippen molar-refractivity contribution in [3.63, 3.8) is 0 Å². The molecule has 6 heteroatoms. The van der Waals surface area contributed by atoms with Crippen LogP contribution in [0.4, 0.5) is 10.5 Å². The van der Waals surface area contributed by atoms with Crippen LogP contribution in [0.3, 0.4) is 0 Å². The molecule has 0 bridgehead atoms. The van der Waals surface area contributed by atoms with Gasteiger partial charge >= 0.3 is 12.0 Å². The molecule has 0 aromatic heterocycles. The van der Waals surface area contributed by atoms with Crippen molar-refractivity contribution in [2.45, 2.75) is 13.3 Å². The number of anilines is 1. The topological polar surface area (TPSA) is 78.9 Å². The van der Waals surface area contributed by atoms with E-state index in [1.165, 1.54) is 0 Å². The molecular formula is C15H20N2O4. The smallest absolute Gasteiger partial charge is 0.321 e. The highest BCUT2D eigenvalue weighted by molar-refractivity contribution is 5.89. The molecule has 0 aliphatic carbocycles. The summed E-state index contributed by atoms with van der Waals surface area (Å²) in [5.74, 6) is -0.439. The molecule has 2 N–H and O–H groups in total. The van der Waals surface area contributed by atoms with Crippen LogP contribution >= 0.6 is 0 Å². The lowest BCUT2D eigenvalue weighted by Gasteiger charge is -2.34. The van der Waals surface area contributed by atoms with Gasteiger partial charge in [0.1, 0.15) is 5.75 Å². The Hall–Kier alpha value is -2.24. The van der Waals surface area contributed by atoms with Crippen LogP contribution in [0.15, 0.2) is 24.3 Å². The quantitative estimate of drug-likeness (QED) is 0.895. The minimum Gasteiger partial charge on any atom is -0.497 e. The minimum atomic E-state index is -0.844. The Labute approximate surface area is 123 Å². The molecule has 0 saturated carbocycles. The summed E-state index contributed by atoms with van der Waals surface area (Å²) >= 11 is 0. The zero-order valence-corrected chi connectivity index (χ0v) is 12.2. The Kier molecular flexibility index (Phi) is 4.67. The van der Waals surface area contributed by atoms with Gasteiger partial charge in [-0.15, -0.1) is 0 Å². The van der Waals surface area contributed by atoms with Gasteiger partial charge in [0.2, 0.25) is 0 Å². The fourth-order valence-electron chi connectivity index (χ4n) is 2.57. The number of amides is 2. The lowest BCUT2D eigenvalue weighted by molar-refractivity contribution is -0.143. The van der Waals surface area contributed by atoms with Gasteiger partial charge in [-0.3, -0.25) is 4.79 Å². The Balaban J connectivity index is 1.99. The van der Waals surface area contributed by atoms with Crippen molar-refractivity contribution in [3.05, 3.63) is 24.3 Å². The molecule has 2 rings (SSSR count). The van der Waals surface area contributed by atoms with Crippen LogP contribution in [-0.4, -0.2) is 42.2 Å². The second kappa shape index (κ2) is 6.47. The molecule has 1 heterocycles. The molecule has 2 unspecified atom stereocenters. The molecule has 2 amide bonds. The predicted octanol–water partition coefficient (Wildman–Crippen LogP) is 2.27. The highest BCUT2D eigenvalue weighted by atomic mass is 16.5. The van der Waals surface area contributed by atoms with E-state index in [9.17, 15) is 9.59 Å². The number of methoxy groups -OCH3 is 1. The van der Waals surface area contributed by atoms with Crippen LogP contribution in [0, 0.1) is 11.8 Å². The number of ether oxygens (including phenoxy) is 1. The van der Waals surface area contributed by atoms with Crippen LogP contribution < -0.4 is 10.1 Å². The van der Waals surface area contributed by atoms with Crippen molar-refractivity contribution in [1.29, 1.82) is 0 Å². The van der Waals surface area contributed by atoms with Crippen LogP contribution in [0.1, 0.15) is 13.3 Å². The molecule has 0 spiro atoms. The van der Waals surface area contributed by atoms with Crippen molar-refractivity contribution >= 4 is 17.7 Å². The zero-order chi connectivity index (χ0) is 15.4. The number of hydrogen-bond acceptors (Lipinski definition) is 3. The maximum Gasteiger partial charge on any atom is 0.321 e. The van der Waals surface area contributed by atoms with Crippen LogP contribution in [-0.2, 0) is 4.79 Å². The first kappa shape index (κ1) is 15.2. The lowest BCUT2D eigenvalue weighted by Crippen LogP contribution is -2.47. The third-order valence-electron chi connectivity index (χ3n) is 3.64. The van der Waals surface area contributed by atoms with Gasteiger partial charge in [-0.25, -0.2) is 4.79 Å². The van der Waals surface area contributed by atoms with E-state index >= 15 is 0 Å². The molecule has 2 atom stereocenters. The number of nitrogens with one attached hydrogen (secondary N) is 1. The number of carboxylic acids is 1. The molecular weight excluding hydrogens is 272 g/mol. The Morgan fingerprint density at radius 2 is 1.95 bits per heavy atom. The fraction of sp³-hybridized carbons (Fsp3) is 0.467. The average Bonchev–Trinajstić information content (AvgIpc) is 2.47. The standard InChI is InChI=1S/C15H20N2O4/c1-10-7-11(14(18)19)9-17(8-10)15(20)16-12-3-5-13(21-2)6-4-12/h3-6,10-11H,7-9H2,1-2H3,(H,16,20)(H,18,19). The molecule has 1 aromatic rings. The van der Waals surface area contributed by atoms with Gasteiger partial charge in [0.15, 0.2) is 0 Å². The van der Waals surface area contributed by atoms with E-state index in [1.54, 1.807) is 36.3 Å². The third kappa shape index (κ3) is 3.87. The molecule has 1 aliphatic rings. The number of piperidine rings is 1. The van der Waals surface area contributed by atoms with Crippen LogP contribution in [0.2, 0.25) is 0 Å². The number of carbonyl (C=O) groups excluding carboxylic acids is 1. The number of carboxylic acid groups (broad SMARTS) is 1. The van der Waals surface area contributed by atoms with Crippen molar-refractivity contribution in [3.8, 4) is 5.75 Å². The first-order chi connectivity index (χ1) is 9.99. The summed E-state index contributed by atoms with van der Waals surface area (Å²) in [7, 11) is 1.58. The number of nitrogens with zero attached hydrogens (tertiary/aromatic N) is 1. The molecule has 6 nitrogen and oxygen atoms in total. The summed E-state index contributed by atoms with van der Waals surface area (Å²) in [6.07, 6.45) is 0.613. The monoisotopic (exact) mass is 292 g/mol. The largest absolute Gasteiger partial charge is 0.497 e. The Bertz CT molecular complexity index is 515. The van der Waals surface area contributed by atoms with E-state index < -0.39 is 11.9 Å². The van der Waals surface area contributed by atoms with Crippen molar-refractivity contribution in [1.82, 2.24) is 4.90 Å². The number of benzene rings is 1. The third-order valence-corrected chi connectivity index (χ3v) is 3.64. The maximum atomic E-state index is 12.2. The Morgan fingerprint density at radius 3 is 2.52 bits per heavy atom. The average molecular weight is 292 g/mol. The van der Waals surface area contributed by atoms with E-state index in [-0.39, 0.29) is 18.5 Å². The van der Waals surface area contributed by atoms with Gasteiger partial charge in [0.05, 0.1) is 13.0 Å². The van der Waals surface area contributed by atoms with E-state index in [4.69, 9.17) is 9.84 Å². The molecule has 0 radical (unpaired) electrons. The van der Waals surface area contributed by atoms with E-state index in [1.807, 2.05) is 6.92 Å². The number of carbonyl (C=O) groups is 2. The summed E-state index contributed by atoms with van der Waals surface area (Å²) in [5.41, 5.74) is 0.658. The summed E-state index contributed by atoms with van der Waals surface area (Å²) in [4.78, 5) is 24.9. The minimum absolute atomic E-state index is 0.182. The Morgan fingerprint density at radius 1 is 1.29 bits per heavy atom. The SMILES string of the molecule is COc1ccc(NC(=O)N2CC(C)CC(C(=O)O)C2)cc1. The normalized spacial score (nSPS) is 21.7. The molecule has 1 saturated heterocycles. The maximum absolute atomic E-state index is 12.2. The first-order valence-corrected chi connectivity index (χ1v) is 6.92. The van der Waals surface area contributed by atoms with E-state index in [0.717, 1.165) is 0 Å². The number of likely N-dealkylation sites (tertiary alicyclic amines) is 1. The summed E-state index contributed by atoms with van der Waals surface area (Å²) < 4.78 is 5.06. The highest BCUT2D eigenvalue weighted by Crippen LogP contribution is 2.23. The molecule has 114 valence electrons. The lowest BCUT2D eigenvalue weighted by atomic mass is 9.91. The van der Waals surface area contributed by atoms with E-state index in [0.29, 0.717) is 24.4 Å². The molecule has 1 fully saturated rings. The molecule has 1 aliphatic heterocycles. The van der Waals surface area contributed by atoms with Gasteiger partial charge in [-0.1, -0.05) is 6.92 Å². The van der Waals surface area contributed by atoms with Gasteiger partial charge in [-0.05, 0) is 36.6 Å². The van der Waals surface area contributed by atoms with Crippen molar-refractivity contribution in [2.24, 2.45) is 11.8 Å². The summed E-state index contributed by atoms with van der Waals surface area (Å²) in [6.45, 7) is 2.79. The van der Waals surface area contributed by atoms with Gasteiger partial charge in [0, 0.05) is 18.8 Å². The highest BCUT2D eigenvalue weighted by Gasteiger charge is 2.31. The number of rotatable bonds is 3. The molecule has 21 heavy (non-hydrogen) atoms. The van der Waals surface area contributed by atoms with Crippen LogP contribution in [0.25, 0.3) is 0 Å². The second-order valence-electron chi connectivity index (χ2n) is 5.44. The van der Waals surface area contributed by atoms with Gasteiger partial charge in [0.25, 0.3) is 0 Å². The van der Waals surface area contributed by atoms with E-state index in [2.05, 4.69) is 5.32 Å². The fourth-order valence-corrected chi connectivity index (χ4v) is 2.57. The van der Waals surface area contributed by atoms with Crippen molar-refractivity contribution < 1.29 is 19.4 Å². The predicted molar refractivity (Wildman–Crippen MR) is 78.5 cm³/mol. The van der Waals surface area contributed by atoms with Gasteiger partial charge < -0.3 is 20.1 Å². The summed E-state index contributed by atoms with van der Waals surface area (Å²) in [5, 5.41) is 11.9. The number of hydrogen-bond donors (Lipinski definition) is 2. The zero-order valence-electron chi connectivity index (χ0n) is 12.2. The number of aliphatic carboxylic acids is 1.